The molecule has 8 heteroatoms. The highest BCUT2D eigenvalue weighted by atomic mass is 19.4. The third-order valence-electron chi connectivity index (χ3n) is 2.92. The Balaban J connectivity index is 1.90. The van der Waals surface area contributed by atoms with Crippen molar-refractivity contribution in [2.24, 2.45) is 0 Å². The van der Waals surface area contributed by atoms with Crippen LogP contribution in [0.3, 0.4) is 0 Å². The SMILES string of the molecule is O=C(COC(=O)c1ccccc1F)Nc1ccc(C(F)(F)F)cc1. The molecule has 0 bridgehead atoms. The highest BCUT2D eigenvalue weighted by molar-refractivity contribution is 5.95. The molecule has 24 heavy (non-hydrogen) atoms. The lowest BCUT2D eigenvalue weighted by molar-refractivity contribution is -0.137. The van der Waals surface area contributed by atoms with E-state index in [4.69, 9.17) is 0 Å². The van der Waals surface area contributed by atoms with Crippen LogP contribution < -0.4 is 5.32 Å². The Morgan fingerprint density at radius 3 is 2.21 bits per heavy atom. The first-order valence-electron chi connectivity index (χ1n) is 6.66. The van der Waals surface area contributed by atoms with Gasteiger partial charge in [0, 0.05) is 5.69 Å². The van der Waals surface area contributed by atoms with Gasteiger partial charge in [0.1, 0.15) is 5.82 Å². The van der Waals surface area contributed by atoms with Crippen LogP contribution in [-0.2, 0) is 15.7 Å². The van der Waals surface area contributed by atoms with Gasteiger partial charge in [0.15, 0.2) is 6.61 Å². The minimum atomic E-state index is -4.47. The quantitative estimate of drug-likeness (QED) is 0.682. The Kier molecular flexibility index (Phi) is 5.18. The van der Waals surface area contributed by atoms with Gasteiger partial charge in [-0.25, -0.2) is 9.18 Å². The molecule has 0 spiro atoms. The molecule has 126 valence electrons. The predicted molar refractivity (Wildman–Crippen MR) is 76.8 cm³/mol. The average Bonchev–Trinajstić information content (AvgIpc) is 2.53. The third-order valence-corrected chi connectivity index (χ3v) is 2.92. The molecular formula is C16H11F4NO3. The summed E-state index contributed by atoms with van der Waals surface area (Å²) in [5.74, 6) is -2.57. The molecule has 0 radical (unpaired) electrons. The number of hydrogen-bond acceptors (Lipinski definition) is 3. The number of halogens is 4. The minimum Gasteiger partial charge on any atom is -0.452 e. The number of carbonyl (C=O) groups is 2. The van der Waals surface area contributed by atoms with Gasteiger partial charge in [0.2, 0.25) is 0 Å². The van der Waals surface area contributed by atoms with Crippen molar-refractivity contribution in [2.75, 3.05) is 11.9 Å². The van der Waals surface area contributed by atoms with Crippen LogP contribution in [0.2, 0.25) is 0 Å². The van der Waals surface area contributed by atoms with Crippen LogP contribution in [0.15, 0.2) is 48.5 Å². The fourth-order valence-corrected chi connectivity index (χ4v) is 1.78. The van der Waals surface area contributed by atoms with Crippen LogP contribution in [0.1, 0.15) is 15.9 Å². The van der Waals surface area contributed by atoms with Crippen molar-refractivity contribution in [3.63, 3.8) is 0 Å². The molecule has 2 rings (SSSR count). The molecule has 0 fully saturated rings. The topological polar surface area (TPSA) is 55.4 Å². The Labute approximate surface area is 134 Å². The van der Waals surface area contributed by atoms with E-state index in [1.165, 1.54) is 18.2 Å². The third kappa shape index (κ3) is 4.55. The maximum atomic E-state index is 13.4. The zero-order valence-electron chi connectivity index (χ0n) is 12.1. The van der Waals surface area contributed by atoms with Crippen molar-refractivity contribution in [3.8, 4) is 0 Å². The van der Waals surface area contributed by atoms with Gasteiger partial charge in [-0.2, -0.15) is 13.2 Å². The largest absolute Gasteiger partial charge is 0.452 e. The molecule has 0 atom stereocenters. The van der Waals surface area contributed by atoms with Crippen molar-refractivity contribution in [1.82, 2.24) is 0 Å². The highest BCUT2D eigenvalue weighted by Crippen LogP contribution is 2.29. The van der Waals surface area contributed by atoms with Gasteiger partial charge in [0.05, 0.1) is 11.1 Å². The van der Waals surface area contributed by atoms with Crippen molar-refractivity contribution < 1.29 is 31.9 Å². The number of rotatable bonds is 4. The summed E-state index contributed by atoms with van der Waals surface area (Å²) in [5, 5.41) is 2.26. The minimum absolute atomic E-state index is 0.106. The van der Waals surface area contributed by atoms with Crippen molar-refractivity contribution >= 4 is 17.6 Å². The van der Waals surface area contributed by atoms with Crippen molar-refractivity contribution in [2.45, 2.75) is 6.18 Å². The van der Waals surface area contributed by atoms with Gasteiger partial charge in [-0.1, -0.05) is 12.1 Å². The lowest BCUT2D eigenvalue weighted by atomic mass is 10.2. The lowest BCUT2D eigenvalue weighted by Crippen LogP contribution is -2.21. The standard InChI is InChI=1S/C16H11F4NO3/c17-13-4-2-1-3-12(13)15(23)24-9-14(22)21-11-7-5-10(6-8-11)16(18,19)20/h1-8H,9H2,(H,21,22). The normalized spacial score (nSPS) is 11.0. The Morgan fingerprint density at radius 1 is 1.00 bits per heavy atom. The van der Waals surface area contributed by atoms with Crippen molar-refractivity contribution in [1.29, 1.82) is 0 Å². The first-order chi connectivity index (χ1) is 11.3. The van der Waals surface area contributed by atoms with Crippen LogP contribution in [0.5, 0.6) is 0 Å². The molecule has 0 heterocycles. The molecule has 2 aromatic carbocycles. The van der Waals surface area contributed by atoms with E-state index >= 15 is 0 Å². The summed E-state index contributed by atoms with van der Waals surface area (Å²) in [6.45, 7) is -0.700. The van der Waals surface area contributed by atoms with Crippen LogP contribution in [0.25, 0.3) is 0 Å². The van der Waals surface area contributed by atoms with E-state index in [2.05, 4.69) is 10.1 Å². The molecule has 0 unspecified atom stereocenters. The molecule has 1 amide bonds. The summed E-state index contributed by atoms with van der Waals surface area (Å²) < 4.78 is 55.2. The predicted octanol–water partition coefficient (Wildman–Crippen LogP) is 3.64. The van der Waals surface area contributed by atoms with E-state index in [1.807, 2.05) is 0 Å². The van der Waals surface area contributed by atoms with E-state index < -0.39 is 36.0 Å². The second kappa shape index (κ2) is 7.12. The second-order valence-corrected chi connectivity index (χ2v) is 4.68. The van der Waals surface area contributed by atoms with Crippen LogP contribution >= 0.6 is 0 Å². The average molecular weight is 341 g/mol. The number of ether oxygens (including phenoxy) is 1. The molecule has 0 aliphatic carbocycles. The van der Waals surface area contributed by atoms with Gasteiger partial charge < -0.3 is 10.1 Å². The molecule has 0 aliphatic rings. The first-order valence-corrected chi connectivity index (χ1v) is 6.66. The first kappa shape index (κ1) is 17.5. The Bertz CT molecular complexity index is 742. The number of anilines is 1. The summed E-state index contributed by atoms with van der Waals surface area (Å²) in [4.78, 5) is 23.2. The number of amides is 1. The number of esters is 1. The molecular weight excluding hydrogens is 330 g/mol. The van der Waals surface area contributed by atoms with Gasteiger partial charge in [-0.3, -0.25) is 4.79 Å². The summed E-state index contributed by atoms with van der Waals surface area (Å²) >= 11 is 0. The van der Waals surface area contributed by atoms with Gasteiger partial charge in [-0.15, -0.1) is 0 Å². The summed E-state index contributed by atoms with van der Waals surface area (Å²) in [5.41, 5.74) is -1.07. The zero-order chi connectivity index (χ0) is 17.7. The number of carbonyl (C=O) groups excluding carboxylic acids is 2. The van der Waals surface area contributed by atoms with Gasteiger partial charge in [-0.05, 0) is 36.4 Å². The smallest absolute Gasteiger partial charge is 0.416 e. The lowest BCUT2D eigenvalue weighted by Gasteiger charge is -2.09. The van der Waals surface area contributed by atoms with E-state index in [0.29, 0.717) is 0 Å². The Morgan fingerprint density at radius 2 is 1.62 bits per heavy atom. The van der Waals surface area contributed by atoms with Gasteiger partial charge in [0.25, 0.3) is 5.91 Å². The Hall–Kier alpha value is -2.90. The maximum absolute atomic E-state index is 13.4. The summed E-state index contributed by atoms with van der Waals surface area (Å²) in [6.07, 6.45) is -4.47. The van der Waals surface area contributed by atoms with Crippen LogP contribution in [0, 0.1) is 5.82 Å². The number of benzene rings is 2. The van der Waals surface area contributed by atoms with E-state index in [-0.39, 0.29) is 11.3 Å². The van der Waals surface area contributed by atoms with E-state index in [9.17, 15) is 27.2 Å². The van der Waals surface area contributed by atoms with Crippen LogP contribution in [-0.4, -0.2) is 18.5 Å². The molecule has 0 aromatic heterocycles. The zero-order valence-corrected chi connectivity index (χ0v) is 12.1. The van der Waals surface area contributed by atoms with Gasteiger partial charge >= 0.3 is 12.1 Å². The van der Waals surface area contributed by atoms with E-state index in [1.54, 1.807) is 0 Å². The maximum Gasteiger partial charge on any atom is 0.416 e. The van der Waals surface area contributed by atoms with Crippen LogP contribution in [0.4, 0.5) is 23.2 Å². The van der Waals surface area contributed by atoms with Crippen molar-refractivity contribution in [3.05, 3.63) is 65.5 Å². The molecule has 0 saturated heterocycles. The number of hydrogen-bond donors (Lipinski definition) is 1. The fraction of sp³-hybridized carbons (Fsp3) is 0.125. The molecule has 4 nitrogen and oxygen atoms in total. The summed E-state index contributed by atoms with van der Waals surface area (Å²) in [6, 6.07) is 8.84. The highest BCUT2D eigenvalue weighted by Gasteiger charge is 2.30. The monoisotopic (exact) mass is 341 g/mol. The second-order valence-electron chi connectivity index (χ2n) is 4.68. The summed E-state index contributed by atoms with van der Waals surface area (Å²) in [7, 11) is 0. The molecule has 1 N–H and O–H groups in total. The molecule has 0 saturated carbocycles. The molecule has 2 aromatic rings. The number of nitrogens with one attached hydrogen (secondary N) is 1. The fourth-order valence-electron chi connectivity index (χ4n) is 1.78. The molecule has 0 aliphatic heterocycles. The van der Waals surface area contributed by atoms with E-state index in [0.717, 1.165) is 30.3 Å². The number of alkyl halides is 3.